The summed E-state index contributed by atoms with van der Waals surface area (Å²) < 4.78 is 27.2. The van der Waals surface area contributed by atoms with Crippen molar-refractivity contribution in [3.63, 3.8) is 0 Å². The van der Waals surface area contributed by atoms with Crippen LogP contribution in [-0.4, -0.2) is 41.7 Å². The van der Waals surface area contributed by atoms with Crippen molar-refractivity contribution in [1.29, 1.82) is 0 Å². The Hall–Kier alpha value is -1.82. The molecule has 3 saturated carbocycles. The van der Waals surface area contributed by atoms with Crippen LogP contribution in [0.5, 0.6) is 0 Å². The molecular weight excluding hydrogens is 348 g/mol. The lowest BCUT2D eigenvalue weighted by molar-refractivity contribution is -0.222. The van der Waals surface area contributed by atoms with Crippen LogP contribution in [0.4, 0.5) is 8.78 Å². The van der Waals surface area contributed by atoms with E-state index in [9.17, 15) is 13.6 Å². The number of hydrazone groups is 1. The zero-order valence-electron chi connectivity index (χ0n) is 15.6. The maximum atomic E-state index is 13.6. The zero-order valence-corrected chi connectivity index (χ0v) is 15.6. The Bertz CT molecular complexity index is 784. The number of amides is 1. The van der Waals surface area contributed by atoms with Crippen molar-refractivity contribution in [1.82, 2.24) is 9.91 Å². The van der Waals surface area contributed by atoms with Crippen molar-refractivity contribution in [2.24, 2.45) is 21.8 Å². The fraction of sp³-hybridized carbons (Fsp3) is 0.619. The lowest BCUT2D eigenvalue weighted by Gasteiger charge is -2.70. The van der Waals surface area contributed by atoms with Gasteiger partial charge in [0.05, 0.1) is 11.5 Å². The third kappa shape index (κ3) is 2.72. The van der Waals surface area contributed by atoms with Crippen LogP contribution in [0.15, 0.2) is 23.3 Å². The van der Waals surface area contributed by atoms with E-state index in [-0.39, 0.29) is 11.3 Å². The molecule has 4 nitrogen and oxygen atoms in total. The van der Waals surface area contributed by atoms with Crippen molar-refractivity contribution in [2.75, 3.05) is 19.6 Å². The number of carbonyl (C=O) groups is 1. The van der Waals surface area contributed by atoms with Gasteiger partial charge in [0.2, 0.25) is 5.91 Å². The molecule has 6 rings (SSSR count). The molecule has 6 heteroatoms. The molecule has 0 radical (unpaired) electrons. The second-order valence-electron chi connectivity index (χ2n) is 9.34. The van der Waals surface area contributed by atoms with Gasteiger partial charge in [0.25, 0.3) is 0 Å². The lowest BCUT2D eigenvalue weighted by Crippen LogP contribution is -2.70. The van der Waals surface area contributed by atoms with Gasteiger partial charge >= 0.3 is 0 Å². The molecule has 1 saturated heterocycles. The van der Waals surface area contributed by atoms with Crippen molar-refractivity contribution in [2.45, 2.75) is 45.1 Å². The largest absolute Gasteiger partial charge is 0.303 e. The molecular formula is C21H25F2N3O. The number of hydrogen-bond donors (Lipinski definition) is 0. The van der Waals surface area contributed by atoms with E-state index < -0.39 is 17.7 Å². The Morgan fingerprint density at radius 3 is 2.56 bits per heavy atom. The average Bonchev–Trinajstić information content (AvgIpc) is 3.16. The van der Waals surface area contributed by atoms with Crippen LogP contribution in [0.1, 0.15) is 50.6 Å². The topological polar surface area (TPSA) is 35.9 Å². The van der Waals surface area contributed by atoms with Crippen LogP contribution in [0.2, 0.25) is 0 Å². The van der Waals surface area contributed by atoms with Crippen LogP contribution in [0.25, 0.3) is 0 Å². The summed E-state index contributed by atoms with van der Waals surface area (Å²) in [7, 11) is 0. The molecule has 27 heavy (non-hydrogen) atoms. The van der Waals surface area contributed by atoms with Gasteiger partial charge in [-0.2, -0.15) is 5.10 Å². The van der Waals surface area contributed by atoms with Gasteiger partial charge in [-0.05, 0) is 61.3 Å². The first-order chi connectivity index (χ1) is 12.9. The number of hydrogen-bond acceptors (Lipinski definition) is 3. The predicted octanol–water partition coefficient (Wildman–Crippen LogP) is 3.74. The maximum absolute atomic E-state index is 13.6. The quantitative estimate of drug-likeness (QED) is 0.806. The van der Waals surface area contributed by atoms with Gasteiger partial charge < -0.3 is 4.90 Å². The van der Waals surface area contributed by atoms with Crippen molar-refractivity contribution in [3.05, 3.63) is 35.4 Å². The van der Waals surface area contributed by atoms with Crippen LogP contribution in [0.3, 0.4) is 0 Å². The molecule has 1 aromatic carbocycles. The number of carbonyl (C=O) groups excluding carboxylic acids is 1. The van der Waals surface area contributed by atoms with Gasteiger partial charge in [-0.1, -0.05) is 6.92 Å². The average molecular weight is 373 g/mol. The summed E-state index contributed by atoms with van der Waals surface area (Å²) in [5.41, 5.74) is 0.492. The van der Waals surface area contributed by atoms with Crippen molar-refractivity contribution >= 4 is 12.1 Å². The second-order valence-corrected chi connectivity index (χ2v) is 9.34. The van der Waals surface area contributed by atoms with Gasteiger partial charge in [-0.3, -0.25) is 4.79 Å². The maximum Gasteiger partial charge on any atom is 0.249 e. The molecule has 4 fully saturated rings. The lowest BCUT2D eigenvalue weighted by atomic mass is 9.34. The standard InChI is InChI=1S/C21H25F2N3O/c1-14-3-5-25(9-14)13-20-10-21(11-20,12-20)19(27)26-18(2-4-24-26)15-6-16(22)8-17(23)7-15/h4,6-8,14,18H,2-3,5,9-13H2,1H3. The third-order valence-electron chi connectivity index (χ3n) is 6.97. The highest BCUT2D eigenvalue weighted by atomic mass is 19.1. The Labute approximate surface area is 158 Å². The molecule has 0 spiro atoms. The van der Waals surface area contributed by atoms with E-state index in [1.54, 1.807) is 6.21 Å². The zero-order chi connectivity index (χ0) is 18.8. The minimum atomic E-state index is -0.617. The number of likely N-dealkylation sites (tertiary alicyclic amines) is 1. The molecule has 1 amide bonds. The van der Waals surface area contributed by atoms with E-state index in [1.807, 2.05) is 0 Å². The summed E-state index contributed by atoms with van der Waals surface area (Å²) in [5.74, 6) is -0.427. The SMILES string of the molecule is CC1CCN(CC23CC(C(=O)N4N=CCC4c4cc(F)cc(F)c4)(C2)C3)C1. The molecule has 2 bridgehead atoms. The number of rotatable bonds is 4. The van der Waals surface area contributed by atoms with Gasteiger partial charge in [0.15, 0.2) is 0 Å². The van der Waals surface area contributed by atoms with Crippen molar-refractivity contribution in [3.8, 4) is 0 Å². The molecule has 2 unspecified atom stereocenters. The Morgan fingerprint density at radius 1 is 1.22 bits per heavy atom. The van der Waals surface area contributed by atoms with Crippen LogP contribution >= 0.6 is 0 Å². The third-order valence-corrected chi connectivity index (χ3v) is 6.97. The number of halogens is 2. The smallest absolute Gasteiger partial charge is 0.249 e. The molecule has 2 aliphatic heterocycles. The van der Waals surface area contributed by atoms with E-state index >= 15 is 0 Å². The molecule has 5 aliphatic rings. The molecule has 0 aromatic heterocycles. The number of benzene rings is 1. The Morgan fingerprint density at radius 2 is 1.93 bits per heavy atom. The highest BCUT2D eigenvalue weighted by molar-refractivity contribution is 5.88. The predicted molar refractivity (Wildman–Crippen MR) is 98.0 cm³/mol. The summed E-state index contributed by atoms with van der Waals surface area (Å²) in [6, 6.07) is 3.07. The molecule has 144 valence electrons. The van der Waals surface area contributed by atoms with Crippen LogP contribution in [-0.2, 0) is 4.79 Å². The van der Waals surface area contributed by atoms with E-state index in [2.05, 4.69) is 16.9 Å². The first-order valence-electron chi connectivity index (χ1n) is 9.93. The van der Waals surface area contributed by atoms with Gasteiger partial charge in [-0.15, -0.1) is 0 Å². The van der Waals surface area contributed by atoms with E-state index in [0.29, 0.717) is 17.4 Å². The van der Waals surface area contributed by atoms with Gasteiger partial charge in [-0.25, -0.2) is 13.8 Å². The van der Waals surface area contributed by atoms with E-state index in [4.69, 9.17) is 0 Å². The first-order valence-corrected chi connectivity index (χ1v) is 9.93. The van der Waals surface area contributed by atoms with Crippen LogP contribution in [0, 0.1) is 28.4 Å². The summed E-state index contributed by atoms with van der Waals surface area (Å²) in [6.45, 7) is 5.75. The highest BCUT2D eigenvalue weighted by Crippen LogP contribution is 2.74. The minimum Gasteiger partial charge on any atom is -0.303 e. The fourth-order valence-electron chi connectivity index (χ4n) is 5.93. The van der Waals surface area contributed by atoms with Crippen LogP contribution < -0.4 is 0 Å². The minimum absolute atomic E-state index is 0.0302. The highest BCUT2D eigenvalue weighted by Gasteiger charge is 2.72. The van der Waals surface area contributed by atoms with Gasteiger partial charge in [0, 0.05) is 31.8 Å². The molecule has 3 aliphatic carbocycles. The van der Waals surface area contributed by atoms with Crippen molar-refractivity contribution < 1.29 is 13.6 Å². The normalized spacial score (nSPS) is 37.4. The van der Waals surface area contributed by atoms with E-state index in [0.717, 1.165) is 37.8 Å². The summed E-state index contributed by atoms with van der Waals surface area (Å²) >= 11 is 0. The Kier molecular flexibility index (Phi) is 3.74. The fourth-order valence-corrected chi connectivity index (χ4v) is 5.93. The molecule has 1 aromatic rings. The Balaban J connectivity index is 1.26. The summed E-state index contributed by atoms with van der Waals surface area (Å²) in [4.78, 5) is 15.7. The monoisotopic (exact) mass is 373 g/mol. The molecule has 2 atom stereocenters. The first kappa shape index (κ1) is 17.3. The second kappa shape index (κ2) is 5.84. The van der Waals surface area contributed by atoms with E-state index in [1.165, 1.54) is 36.7 Å². The van der Waals surface area contributed by atoms with Gasteiger partial charge in [0.1, 0.15) is 11.6 Å². The summed E-state index contributed by atoms with van der Waals surface area (Å²) in [5, 5.41) is 5.75. The summed E-state index contributed by atoms with van der Waals surface area (Å²) in [6.07, 6.45) is 6.24. The molecule has 0 N–H and O–H groups in total. The molecule has 2 heterocycles. The number of nitrogens with zero attached hydrogens (tertiary/aromatic N) is 3.